The van der Waals surface area contributed by atoms with Crippen molar-refractivity contribution in [1.82, 2.24) is 14.8 Å². The molecule has 0 bridgehead atoms. The van der Waals surface area contributed by atoms with Gasteiger partial charge in [-0.3, -0.25) is 4.57 Å². The summed E-state index contributed by atoms with van der Waals surface area (Å²) in [6.07, 6.45) is 0.864. The molecule has 17 heavy (non-hydrogen) atoms. The Kier molecular flexibility index (Phi) is 5.08. The van der Waals surface area contributed by atoms with Crippen LogP contribution in [0.1, 0.15) is 20.3 Å². The van der Waals surface area contributed by atoms with Crippen molar-refractivity contribution in [3.63, 3.8) is 0 Å². The third kappa shape index (κ3) is 3.52. The molecule has 0 saturated heterocycles. The number of H-pyrrole nitrogens is 1. The topological polar surface area (TPSA) is 109 Å². The van der Waals surface area contributed by atoms with E-state index in [-0.39, 0.29) is 17.4 Å². The predicted octanol–water partition coefficient (Wildman–Crippen LogP) is 0.456. The van der Waals surface area contributed by atoms with E-state index in [0.29, 0.717) is 17.5 Å². The van der Waals surface area contributed by atoms with Crippen LogP contribution in [-0.2, 0) is 6.54 Å². The average molecular weight is 259 g/mol. The number of rotatable bonds is 6. The predicted molar refractivity (Wildman–Crippen MR) is 66.4 cm³/mol. The van der Waals surface area contributed by atoms with Crippen molar-refractivity contribution in [2.75, 3.05) is 5.75 Å². The van der Waals surface area contributed by atoms with E-state index in [0.717, 1.165) is 6.42 Å². The summed E-state index contributed by atoms with van der Waals surface area (Å²) in [5.41, 5.74) is 5.27. The van der Waals surface area contributed by atoms with E-state index in [1.54, 1.807) is 4.57 Å². The molecular weight excluding hydrogens is 242 g/mol. The lowest BCUT2D eigenvalue weighted by Crippen LogP contribution is -2.23. The fraction of sp³-hybridized carbons (Fsp3) is 0.667. The van der Waals surface area contributed by atoms with Crippen molar-refractivity contribution in [3.8, 4) is 0 Å². The minimum absolute atomic E-state index is 0.0770. The lowest BCUT2D eigenvalue weighted by molar-refractivity contribution is 0.315. The van der Waals surface area contributed by atoms with Gasteiger partial charge in [0.25, 0.3) is 0 Å². The van der Waals surface area contributed by atoms with Gasteiger partial charge in [-0.25, -0.2) is 9.89 Å². The first-order valence-electron chi connectivity index (χ1n) is 5.35. The van der Waals surface area contributed by atoms with E-state index < -0.39 is 0 Å². The Hall–Kier alpha value is -1.44. The second-order valence-electron chi connectivity index (χ2n) is 3.70. The van der Waals surface area contributed by atoms with Gasteiger partial charge in [0.2, 0.25) is 0 Å². The fourth-order valence-corrected chi connectivity index (χ4v) is 2.23. The molecule has 0 radical (unpaired) electrons. The highest BCUT2D eigenvalue weighted by Gasteiger charge is 2.12. The van der Waals surface area contributed by atoms with Crippen molar-refractivity contribution >= 4 is 17.6 Å². The van der Waals surface area contributed by atoms with Gasteiger partial charge in [0.1, 0.15) is 5.84 Å². The number of hydrogen-bond acceptors (Lipinski definition) is 5. The summed E-state index contributed by atoms with van der Waals surface area (Å²) in [4.78, 5) is 11.4. The number of nitrogens with one attached hydrogen (secondary N) is 1. The number of thioether (sulfide) groups is 1. The molecule has 7 nitrogen and oxygen atoms in total. The van der Waals surface area contributed by atoms with Crippen LogP contribution in [0.5, 0.6) is 0 Å². The second-order valence-corrected chi connectivity index (χ2v) is 4.69. The molecule has 0 amide bonds. The van der Waals surface area contributed by atoms with Gasteiger partial charge in [0.05, 0.1) is 0 Å². The molecule has 0 saturated carbocycles. The van der Waals surface area contributed by atoms with Crippen LogP contribution in [0.25, 0.3) is 0 Å². The van der Waals surface area contributed by atoms with Crippen LogP contribution in [0.15, 0.2) is 15.1 Å². The molecular formula is C9H17N5O2S. The van der Waals surface area contributed by atoms with Gasteiger partial charge >= 0.3 is 5.69 Å². The first kappa shape index (κ1) is 13.6. The molecule has 0 aromatic carbocycles. The van der Waals surface area contributed by atoms with E-state index in [1.807, 2.05) is 13.8 Å². The van der Waals surface area contributed by atoms with Gasteiger partial charge in [-0.15, -0.1) is 5.10 Å². The monoisotopic (exact) mass is 259 g/mol. The molecule has 0 aliphatic carbocycles. The molecule has 1 aromatic heterocycles. The Bertz CT molecular complexity index is 439. The minimum atomic E-state index is -0.203. The molecule has 4 N–H and O–H groups in total. The van der Waals surface area contributed by atoms with Crippen LogP contribution in [0.4, 0.5) is 0 Å². The van der Waals surface area contributed by atoms with Crippen molar-refractivity contribution in [2.45, 2.75) is 32.0 Å². The summed E-state index contributed by atoms with van der Waals surface area (Å²) in [7, 11) is 0. The Labute approximate surface area is 103 Å². The Morgan fingerprint density at radius 3 is 3.06 bits per heavy atom. The quantitative estimate of drug-likeness (QED) is 0.226. The van der Waals surface area contributed by atoms with Crippen LogP contribution in [-0.4, -0.2) is 31.6 Å². The normalized spacial score (nSPS) is 13.9. The Balaban J connectivity index is 2.66. The lowest BCUT2D eigenvalue weighted by Gasteiger charge is -2.08. The summed E-state index contributed by atoms with van der Waals surface area (Å²) in [5.74, 6) is 0.702. The zero-order valence-electron chi connectivity index (χ0n) is 9.88. The van der Waals surface area contributed by atoms with Crippen molar-refractivity contribution < 1.29 is 5.21 Å². The molecule has 0 aliphatic heterocycles. The van der Waals surface area contributed by atoms with Gasteiger partial charge in [-0.2, -0.15) is 0 Å². The maximum Gasteiger partial charge on any atom is 0.343 e. The maximum atomic E-state index is 11.4. The zero-order valence-corrected chi connectivity index (χ0v) is 10.7. The molecule has 96 valence electrons. The second kappa shape index (κ2) is 6.33. The number of aromatic amines is 1. The van der Waals surface area contributed by atoms with Crippen molar-refractivity contribution in [2.24, 2.45) is 16.8 Å². The summed E-state index contributed by atoms with van der Waals surface area (Å²) in [6.45, 7) is 4.47. The summed E-state index contributed by atoms with van der Waals surface area (Å²) < 4.78 is 1.59. The number of nitrogens with two attached hydrogens (primary N) is 1. The van der Waals surface area contributed by atoms with Gasteiger partial charge in [-0.1, -0.05) is 30.8 Å². The van der Waals surface area contributed by atoms with Gasteiger partial charge in [0, 0.05) is 18.2 Å². The van der Waals surface area contributed by atoms with Crippen LogP contribution in [0, 0.1) is 5.92 Å². The lowest BCUT2D eigenvalue weighted by atomic mass is 10.2. The Morgan fingerprint density at radius 2 is 2.47 bits per heavy atom. The molecule has 0 fully saturated rings. The third-order valence-corrected chi connectivity index (χ3v) is 3.49. The molecule has 1 heterocycles. The largest absolute Gasteiger partial charge is 0.409 e. The first-order valence-corrected chi connectivity index (χ1v) is 6.34. The maximum absolute atomic E-state index is 11.4. The highest BCUT2D eigenvalue weighted by Crippen LogP contribution is 2.17. The number of hydrogen-bond donors (Lipinski definition) is 3. The molecule has 1 atom stereocenters. The molecule has 0 spiro atoms. The summed E-state index contributed by atoms with van der Waals surface area (Å²) >= 11 is 1.41. The average Bonchev–Trinajstić information content (AvgIpc) is 2.67. The third-order valence-electron chi connectivity index (χ3n) is 2.25. The number of amidine groups is 1. The molecule has 8 heteroatoms. The van der Waals surface area contributed by atoms with E-state index >= 15 is 0 Å². The highest BCUT2D eigenvalue weighted by atomic mass is 32.2. The van der Waals surface area contributed by atoms with Crippen LogP contribution in [0.3, 0.4) is 0 Å². The standard InChI is InChI=1S/C9H17N5O2S/c1-3-4-14-8(15)11-12-9(14)17-5-6(2)7(10)13-16/h6,16H,3-5H2,1-2H3,(H2,10,13)(H,11,15). The molecule has 1 unspecified atom stereocenters. The van der Waals surface area contributed by atoms with Crippen LogP contribution >= 0.6 is 11.8 Å². The SMILES string of the molecule is CCCn1c(SCC(C)C(N)=NO)n[nH]c1=O. The summed E-state index contributed by atoms with van der Waals surface area (Å²) in [6, 6.07) is 0. The van der Waals surface area contributed by atoms with Gasteiger partial charge in [-0.05, 0) is 6.42 Å². The van der Waals surface area contributed by atoms with E-state index in [2.05, 4.69) is 15.4 Å². The van der Waals surface area contributed by atoms with Gasteiger partial charge < -0.3 is 10.9 Å². The number of aromatic nitrogens is 3. The van der Waals surface area contributed by atoms with Crippen molar-refractivity contribution in [1.29, 1.82) is 0 Å². The van der Waals surface area contributed by atoms with Crippen LogP contribution in [0.2, 0.25) is 0 Å². The van der Waals surface area contributed by atoms with E-state index in [9.17, 15) is 4.79 Å². The van der Waals surface area contributed by atoms with E-state index in [1.165, 1.54) is 11.8 Å². The number of nitrogens with zero attached hydrogens (tertiary/aromatic N) is 3. The Morgan fingerprint density at radius 1 is 1.76 bits per heavy atom. The minimum Gasteiger partial charge on any atom is -0.409 e. The highest BCUT2D eigenvalue weighted by molar-refractivity contribution is 7.99. The molecule has 1 rings (SSSR count). The first-order chi connectivity index (χ1) is 8.10. The van der Waals surface area contributed by atoms with Crippen LogP contribution < -0.4 is 11.4 Å². The van der Waals surface area contributed by atoms with Gasteiger partial charge in [0.15, 0.2) is 5.16 Å². The zero-order chi connectivity index (χ0) is 12.8. The van der Waals surface area contributed by atoms with Crippen molar-refractivity contribution in [3.05, 3.63) is 10.5 Å². The molecule has 1 aromatic rings. The smallest absolute Gasteiger partial charge is 0.343 e. The number of oxime groups is 1. The molecule has 0 aliphatic rings. The fourth-order valence-electron chi connectivity index (χ4n) is 1.22. The summed E-state index contributed by atoms with van der Waals surface area (Å²) in [5, 5.41) is 18.5. The van der Waals surface area contributed by atoms with E-state index in [4.69, 9.17) is 10.9 Å².